The predicted octanol–water partition coefficient (Wildman–Crippen LogP) is 0.709. The van der Waals surface area contributed by atoms with Gasteiger partial charge in [0, 0.05) is 18.2 Å². The summed E-state index contributed by atoms with van der Waals surface area (Å²) in [6, 6.07) is 11.5. The molecule has 0 saturated carbocycles. The SMILES string of the molecule is COc1ccc(-[n+]2[nH]oc(=O)c2C([O-])=Nc2cc(OC)ccc2OC)cc1. The molecule has 9 nitrogen and oxygen atoms in total. The first kappa shape index (κ1) is 18.1. The van der Waals surface area contributed by atoms with Gasteiger partial charge in [-0.05, 0) is 34.2 Å². The van der Waals surface area contributed by atoms with E-state index in [4.69, 9.17) is 18.7 Å². The number of ether oxygens (including phenoxy) is 3. The molecule has 0 amide bonds. The Morgan fingerprint density at radius 3 is 2.33 bits per heavy atom. The van der Waals surface area contributed by atoms with E-state index < -0.39 is 11.5 Å². The molecule has 0 aliphatic carbocycles. The highest BCUT2D eigenvalue weighted by Crippen LogP contribution is 2.31. The molecule has 0 spiro atoms. The van der Waals surface area contributed by atoms with Gasteiger partial charge in [0.15, 0.2) is 0 Å². The molecular weight excluding hydrogens is 354 g/mol. The second-order valence-corrected chi connectivity index (χ2v) is 5.32. The van der Waals surface area contributed by atoms with Gasteiger partial charge in [0.1, 0.15) is 22.9 Å². The molecule has 0 radical (unpaired) electrons. The molecule has 0 aliphatic heterocycles. The van der Waals surface area contributed by atoms with Crippen molar-refractivity contribution in [2.75, 3.05) is 21.3 Å². The lowest BCUT2D eigenvalue weighted by molar-refractivity contribution is -0.673. The highest BCUT2D eigenvalue weighted by Gasteiger charge is 2.24. The number of rotatable bonds is 6. The second-order valence-electron chi connectivity index (χ2n) is 5.32. The van der Waals surface area contributed by atoms with Crippen molar-refractivity contribution in [3.05, 3.63) is 58.6 Å². The van der Waals surface area contributed by atoms with Crippen molar-refractivity contribution in [2.45, 2.75) is 0 Å². The highest BCUT2D eigenvalue weighted by atomic mass is 16.5. The molecule has 0 bridgehead atoms. The average Bonchev–Trinajstić information content (AvgIpc) is 3.09. The fraction of sp³-hybridized carbons (Fsp3) is 0.167. The fourth-order valence-corrected chi connectivity index (χ4v) is 2.41. The Balaban J connectivity index is 2.07. The molecule has 0 unspecified atom stereocenters. The molecule has 0 aliphatic rings. The van der Waals surface area contributed by atoms with Crippen molar-refractivity contribution in [1.29, 1.82) is 0 Å². The first-order chi connectivity index (χ1) is 13.1. The highest BCUT2D eigenvalue weighted by molar-refractivity contribution is 5.89. The second kappa shape index (κ2) is 7.65. The van der Waals surface area contributed by atoms with Gasteiger partial charge in [-0.15, -0.1) is 0 Å². The standard InChI is InChI=1S/C18H17N3O6/c1-24-12-6-4-11(5-7-12)21-16(18(23)27-20-21)17(22)19-14-10-13(25-2)8-9-15(14)26-3/h4-10H,1-3H3,(H-,19,20,22,23). The third-order valence-corrected chi connectivity index (χ3v) is 3.79. The molecule has 3 rings (SSSR count). The molecule has 9 heteroatoms. The number of nitrogens with zero attached hydrogens (tertiary/aromatic N) is 2. The van der Waals surface area contributed by atoms with E-state index in [1.807, 2.05) is 0 Å². The zero-order chi connectivity index (χ0) is 19.4. The molecule has 1 aromatic heterocycles. The Hall–Kier alpha value is -3.75. The van der Waals surface area contributed by atoms with Crippen molar-refractivity contribution >= 4 is 11.6 Å². The maximum Gasteiger partial charge on any atom is 0.436 e. The lowest BCUT2D eigenvalue weighted by Crippen LogP contribution is -2.44. The number of aromatic amines is 1. The lowest BCUT2D eigenvalue weighted by Gasteiger charge is -2.09. The average molecular weight is 371 g/mol. The number of hydrogen-bond donors (Lipinski definition) is 1. The maximum absolute atomic E-state index is 12.7. The van der Waals surface area contributed by atoms with Crippen LogP contribution in [0.2, 0.25) is 0 Å². The number of benzene rings is 2. The molecule has 3 aromatic rings. The summed E-state index contributed by atoms with van der Waals surface area (Å²) in [5, 5.41) is 15.1. The van der Waals surface area contributed by atoms with E-state index >= 15 is 0 Å². The van der Waals surface area contributed by atoms with Gasteiger partial charge in [-0.3, -0.25) is 9.52 Å². The molecule has 1 N–H and O–H groups in total. The topological polar surface area (TPSA) is 113 Å². The number of hydrogen-bond acceptors (Lipinski definition) is 7. The monoisotopic (exact) mass is 371 g/mol. The minimum absolute atomic E-state index is 0.226. The van der Waals surface area contributed by atoms with Gasteiger partial charge >= 0.3 is 11.3 Å². The largest absolute Gasteiger partial charge is 0.854 e. The zero-order valence-corrected chi connectivity index (χ0v) is 14.9. The van der Waals surface area contributed by atoms with E-state index in [1.165, 1.54) is 32.1 Å². The van der Waals surface area contributed by atoms with Crippen LogP contribution in [0.15, 0.2) is 56.8 Å². The Bertz CT molecular complexity index is 1020. The minimum Gasteiger partial charge on any atom is -0.854 e. The first-order valence-electron chi connectivity index (χ1n) is 7.83. The van der Waals surface area contributed by atoms with Crippen molar-refractivity contribution in [3.8, 4) is 22.9 Å². The van der Waals surface area contributed by atoms with Crippen LogP contribution in [0.25, 0.3) is 5.69 Å². The summed E-state index contributed by atoms with van der Waals surface area (Å²) in [5.41, 5.74) is -0.409. The van der Waals surface area contributed by atoms with Crippen LogP contribution in [0.1, 0.15) is 5.69 Å². The predicted molar refractivity (Wildman–Crippen MR) is 93.2 cm³/mol. The molecule has 0 saturated heterocycles. The minimum atomic E-state index is -0.846. The smallest absolute Gasteiger partial charge is 0.436 e. The molecule has 0 atom stereocenters. The van der Waals surface area contributed by atoms with Crippen LogP contribution < -0.4 is 29.6 Å². The van der Waals surface area contributed by atoms with Gasteiger partial charge in [-0.1, -0.05) is 0 Å². The lowest BCUT2D eigenvalue weighted by atomic mass is 10.2. The van der Waals surface area contributed by atoms with Crippen LogP contribution in [0.3, 0.4) is 0 Å². The van der Waals surface area contributed by atoms with Crippen LogP contribution in [0, 0.1) is 0 Å². The van der Waals surface area contributed by atoms with Gasteiger partial charge in [0.25, 0.3) is 0 Å². The summed E-state index contributed by atoms with van der Waals surface area (Å²) < 4.78 is 21.4. The van der Waals surface area contributed by atoms with Gasteiger partial charge in [0.2, 0.25) is 5.69 Å². The zero-order valence-electron chi connectivity index (χ0n) is 14.9. The number of nitrogens with one attached hydrogen (secondary N) is 1. The molecular formula is C18H17N3O6. The Kier molecular flexibility index (Phi) is 5.11. The molecule has 1 heterocycles. The van der Waals surface area contributed by atoms with Crippen molar-refractivity contribution in [2.24, 2.45) is 4.99 Å². The maximum atomic E-state index is 12.7. The van der Waals surface area contributed by atoms with Crippen LogP contribution in [-0.2, 0) is 0 Å². The summed E-state index contributed by atoms with van der Waals surface area (Å²) in [5.74, 6) is 0.683. The number of aromatic nitrogens is 2. The molecule has 140 valence electrons. The molecule has 27 heavy (non-hydrogen) atoms. The van der Waals surface area contributed by atoms with E-state index in [0.717, 1.165) is 0 Å². The quantitative estimate of drug-likeness (QED) is 0.388. The van der Waals surface area contributed by atoms with Gasteiger partial charge in [0.05, 0.1) is 27.2 Å². The molecule has 0 fully saturated rings. The van der Waals surface area contributed by atoms with E-state index in [2.05, 4.69) is 10.3 Å². The number of aliphatic imine (C=N–C) groups is 1. The van der Waals surface area contributed by atoms with Crippen molar-refractivity contribution < 1.29 is 28.5 Å². The summed E-state index contributed by atoms with van der Waals surface area (Å²) in [7, 11) is 4.48. The van der Waals surface area contributed by atoms with Crippen molar-refractivity contribution in [1.82, 2.24) is 5.27 Å². The number of H-pyrrole nitrogens is 1. The van der Waals surface area contributed by atoms with Crippen LogP contribution in [0.4, 0.5) is 5.69 Å². The van der Waals surface area contributed by atoms with Gasteiger partial charge in [-0.2, -0.15) is 0 Å². The Labute approximate surface area is 154 Å². The van der Waals surface area contributed by atoms with E-state index in [1.54, 1.807) is 36.4 Å². The first-order valence-corrected chi connectivity index (χ1v) is 7.83. The van der Waals surface area contributed by atoms with Gasteiger partial charge in [-0.25, -0.2) is 4.79 Å². The van der Waals surface area contributed by atoms with E-state index in [0.29, 0.717) is 22.9 Å². The van der Waals surface area contributed by atoms with Crippen LogP contribution in [-0.4, -0.2) is 32.5 Å². The Morgan fingerprint density at radius 1 is 1.04 bits per heavy atom. The third-order valence-electron chi connectivity index (χ3n) is 3.79. The van der Waals surface area contributed by atoms with E-state index in [-0.39, 0.29) is 11.4 Å². The van der Waals surface area contributed by atoms with Crippen molar-refractivity contribution in [3.63, 3.8) is 0 Å². The van der Waals surface area contributed by atoms with Gasteiger partial charge < -0.3 is 19.3 Å². The molecule has 2 aromatic carbocycles. The Morgan fingerprint density at radius 2 is 1.70 bits per heavy atom. The van der Waals surface area contributed by atoms with E-state index in [9.17, 15) is 9.90 Å². The normalized spacial score (nSPS) is 11.3. The summed E-state index contributed by atoms with van der Waals surface area (Å²) in [6.45, 7) is 0. The fourth-order valence-electron chi connectivity index (χ4n) is 2.41. The van der Waals surface area contributed by atoms with Crippen LogP contribution >= 0.6 is 0 Å². The summed E-state index contributed by atoms with van der Waals surface area (Å²) in [6.07, 6.45) is 0. The number of methoxy groups -OCH3 is 3. The third kappa shape index (κ3) is 3.61. The van der Waals surface area contributed by atoms with Crippen LogP contribution in [0.5, 0.6) is 17.2 Å². The summed E-state index contributed by atoms with van der Waals surface area (Å²) >= 11 is 0. The summed E-state index contributed by atoms with van der Waals surface area (Å²) in [4.78, 5) is 16.1.